The van der Waals surface area contributed by atoms with E-state index in [2.05, 4.69) is 15.6 Å². The number of halogens is 3. The van der Waals surface area contributed by atoms with Gasteiger partial charge in [0.05, 0.1) is 23.6 Å². The van der Waals surface area contributed by atoms with Crippen molar-refractivity contribution in [3.8, 4) is 0 Å². The Morgan fingerprint density at radius 1 is 1.06 bits per heavy atom. The molecule has 2 aromatic rings. The number of benzene rings is 1. The number of aromatic nitrogens is 1. The summed E-state index contributed by atoms with van der Waals surface area (Å²) in [6.45, 7) is 1.82. The number of amides is 3. The first-order valence-corrected chi connectivity index (χ1v) is 11.2. The van der Waals surface area contributed by atoms with E-state index in [-0.39, 0.29) is 17.7 Å². The summed E-state index contributed by atoms with van der Waals surface area (Å²) in [4.78, 5) is 33.4. The third-order valence-electron chi connectivity index (χ3n) is 5.98. The number of urea groups is 1. The monoisotopic (exact) mass is 477 g/mol. The number of anilines is 3. The molecule has 1 aromatic carbocycles. The van der Waals surface area contributed by atoms with Gasteiger partial charge in [0, 0.05) is 25.3 Å². The average Bonchev–Trinajstić information content (AvgIpc) is 2.80. The van der Waals surface area contributed by atoms with Crippen LogP contribution in [-0.2, 0) is 11.0 Å². The maximum Gasteiger partial charge on any atom is 0.416 e. The van der Waals surface area contributed by atoms with Crippen LogP contribution in [0.5, 0.6) is 0 Å². The van der Waals surface area contributed by atoms with Gasteiger partial charge in [-0.25, -0.2) is 9.78 Å². The molecule has 3 N–H and O–H groups in total. The number of nitrogens with zero attached hydrogens (tertiary/aromatic N) is 3. The van der Waals surface area contributed by atoms with Crippen molar-refractivity contribution < 1.29 is 27.9 Å². The van der Waals surface area contributed by atoms with Gasteiger partial charge in [-0.05, 0) is 62.1 Å². The van der Waals surface area contributed by atoms with Crippen molar-refractivity contribution in [2.75, 3.05) is 34.8 Å². The molecule has 0 spiro atoms. The predicted molar refractivity (Wildman–Crippen MR) is 121 cm³/mol. The van der Waals surface area contributed by atoms with E-state index in [1.54, 1.807) is 17.2 Å². The lowest BCUT2D eigenvalue weighted by Crippen LogP contribution is -2.53. The first-order valence-electron chi connectivity index (χ1n) is 11.2. The van der Waals surface area contributed by atoms with E-state index in [0.717, 1.165) is 49.5 Å². The van der Waals surface area contributed by atoms with Crippen molar-refractivity contribution >= 4 is 29.1 Å². The number of aliphatic hydroxyl groups is 1. The molecule has 11 heteroatoms. The fourth-order valence-corrected chi connectivity index (χ4v) is 4.22. The number of carbonyl (C=O) groups is 2. The van der Waals surface area contributed by atoms with Crippen LogP contribution in [0.3, 0.4) is 0 Å². The highest BCUT2D eigenvalue weighted by Gasteiger charge is 2.32. The molecule has 0 radical (unpaired) electrons. The van der Waals surface area contributed by atoms with Crippen LogP contribution in [0.15, 0.2) is 42.6 Å². The van der Waals surface area contributed by atoms with Crippen LogP contribution in [-0.4, -0.2) is 53.8 Å². The standard InChI is InChI=1S/C23H26F3N5O3/c24-23(25,26)15-5-7-16(8-6-15)28-22(34)29-19-4-2-12-31(21(19)33)17-9-10-20(27-13-17)30-11-1-3-18(32)14-30/h5-10,13,18-19,32H,1-4,11-12,14H2,(H2,28,29,34)/t18?,19-/m1/s1. The van der Waals surface area contributed by atoms with Crippen LogP contribution in [0, 0.1) is 0 Å². The summed E-state index contributed by atoms with van der Waals surface area (Å²) in [7, 11) is 0. The highest BCUT2D eigenvalue weighted by Crippen LogP contribution is 2.30. The molecule has 1 unspecified atom stereocenters. The van der Waals surface area contributed by atoms with Gasteiger partial charge >= 0.3 is 12.2 Å². The summed E-state index contributed by atoms with van der Waals surface area (Å²) < 4.78 is 38.1. The van der Waals surface area contributed by atoms with Crippen LogP contribution in [0.25, 0.3) is 0 Å². The molecule has 0 saturated carbocycles. The van der Waals surface area contributed by atoms with E-state index in [9.17, 15) is 27.9 Å². The SMILES string of the molecule is O=C(Nc1ccc(C(F)(F)F)cc1)N[C@@H]1CCCN(c2ccc(N3CCCC(O)C3)nc2)C1=O. The molecule has 34 heavy (non-hydrogen) atoms. The highest BCUT2D eigenvalue weighted by atomic mass is 19.4. The minimum atomic E-state index is -4.46. The van der Waals surface area contributed by atoms with Crippen LogP contribution >= 0.6 is 0 Å². The summed E-state index contributed by atoms with van der Waals surface area (Å²) in [5, 5.41) is 14.9. The van der Waals surface area contributed by atoms with E-state index in [1.165, 1.54) is 0 Å². The number of nitrogens with one attached hydrogen (secondary N) is 2. The number of alkyl halides is 3. The van der Waals surface area contributed by atoms with E-state index < -0.39 is 23.8 Å². The number of hydrogen-bond acceptors (Lipinski definition) is 5. The van der Waals surface area contributed by atoms with Gasteiger partial charge in [0.15, 0.2) is 0 Å². The Hall–Kier alpha value is -3.34. The molecule has 8 nitrogen and oxygen atoms in total. The minimum Gasteiger partial charge on any atom is -0.391 e. The van der Waals surface area contributed by atoms with Crippen LogP contribution in [0.2, 0.25) is 0 Å². The van der Waals surface area contributed by atoms with Crippen molar-refractivity contribution in [2.24, 2.45) is 0 Å². The number of rotatable bonds is 4. The molecule has 0 bridgehead atoms. The van der Waals surface area contributed by atoms with Crippen LogP contribution in [0.4, 0.5) is 35.2 Å². The summed E-state index contributed by atoms with van der Waals surface area (Å²) in [5.74, 6) is 0.453. The first kappa shape index (κ1) is 23.8. The molecule has 2 atom stereocenters. The second-order valence-corrected chi connectivity index (χ2v) is 8.47. The highest BCUT2D eigenvalue weighted by molar-refractivity contribution is 6.01. The Morgan fingerprint density at radius 3 is 2.44 bits per heavy atom. The van der Waals surface area contributed by atoms with Crippen molar-refractivity contribution in [1.82, 2.24) is 10.3 Å². The van der Waals surface area contributed by atoms with Gasteiger partial charge in [-0.15, -0.1) is 0 Å². The molecule has 2 aliphatic rings. The summed E-state index contributed by atoms with van der Waals surface area (Å²) in [6.07, 6.45) is -0.446. The van der Waals surface area contributed by atoms with E-state index in [1.807, 2.05) is 11.0 Å². The maximum absolute atomic E-state index is 13.0. The fourth-order valence-electron chi connectivity index (χ4n) is 4.22. The number of piperidine rings is 2. The normalized spacial score (nSPS) is 21.4. The topological polar surface area (TPSA) is 97.8 Å². The summed E-state index contributed by atoms with van der Waals surface area (Å²) in [5.41, 5.74) is -0.0122. The van der Waals surface area contributed by atoms with Crippen molar-refractivity contribution in [3.05, 3.63) is 48.2 Å². The third-order valence-corrected chi connectivity index (χ3v) is 5.98. The Bertz CT molecular complexity index is 1010. The van der Waals surface area contributed by atoms with Gasteiger partial charge in [0.2, 0.25) is 5.91 Å². The molecular weight excluding hydrogens is 451 g/mol. The maximum atomic E-state index is 13.0. The van der Waals surface area contributed by atoms with Crippen LogP contribution in [0.1, 0.15) is 31.2 Å². The number of aliphatic hydroxyl groups excluding tert-OH is 1. The van der Waals surface area contributed by atoms with E-state index >= 15 is 0 Å². The molecule has 2 saturated heterocycles. The molecule has 182 valence electrons. The zero-order valence-electron chi connectivity index (χ0n) is 18.4. The molecule has 2 fully saturated rings. The van der Waals surface area contributed by atoms with Gasteiger partial charge in [-0.2, -0.15) is 13.2 Å². The molecule has 2 aliphatic heterocycles. The van der Waals surface area contributed by atoms with Gasteiger partial charge in [-0.1, -0.05) is 0 Å². The largest absolute Gasteiger partial charge is 0.416 e. The van der Waals surface area contributed by atoms with Gasteiger partial charge in [0.25, 0.3) is 0 Å². The minimum absolute atomic E-state index is 0.188. The van der Waals surface area contributed by atoms with Crippen molar-refractivity contribution in [2.45, 2.75) is 44.0 Å². The quantitative estimate of drug-likeness (QED) is 0.627. The van der Waals surface area contributed by atoms with Gasteiger partial charge in [-0.3, -0.25) is 4.79 Å². The first-order chi connectivity index (χ1) is 16.2. The number of carbonyl (C=O) groups excluding carboxylic acids is 2. The molecule has 3 heterocycles. The number of pyridine rings is 1. The smallest absolute Gasteiger partial charge is 0.391 e. The molecule has 4 rings (SSSR count). The van der Waals surface area contributed by atoms with Crippen molar-refractivity contribution in [1.29, 1.82) is 0 Å². The van der Waals surface area contributed by atoms with Crippen LogP contribution < -0.4 is 20.4 Å². The third kappa shape index (κ3) is 5.58. The fraction of sp³-hybridized carbons (Fsp3) is 0.435. The van der Waals surface area contributed by atoms with E-state index in [0.29, 0.717) is 31.6 Å². The lowest BCUT2D eigenvalue weighted by atomic mass is 10.0. The van der Waals surface area contributed by atoms with Gasteiger partial charge < -0.3 is 25.5 Å². The second-order valence-electron chi connectivity index (χ2n) is 8.47. The predicted octanol–water partition coefficient (Wildman–Crippen LogP) is 3.38. The van der Waals surface area contributed by atoms with Crippen molar-refractivity contribution in [3.63, 3.8) is 0 Å². The summed E-state index contributed by atoms with van der Waals surface area (Å²) >= 11 is 0. The lowest BCUT2D eigenvalue weighted by molar-refractivity contribution is -0.137. The average molecular weight is 477 g/mol. The lowest BCUT2D eigenvalue weighted by Gasteiger charge is -2.33. The number of hydrogen-bond donors (Lipinski definition) is 3. The zero-order chi connectivity index (χ0) is 24.3. The Morgan fingerprint density at radius 2 is 1.79 bits per heavy atom. The second kappa shape index (κ2) is 9.88. The molecule has 0 aliphatic carbocycles. The zero-order valence-corrected chi connectivity index (χ0v) is 18.4. The summed E-state index contributed by atoms with van der Waals surface area (Å²) in [6, 6.07) is 6.25. The Kier molecular flexibility index (Phi) is 6.92. The van der Waals surface area contributed by atoms with Gasteiger partial charge in [0.1, 0.15) is 11.9 Å². The molecule has 3 amide bonds. The molecular formula is C23H26F3N5O3. The van der Waals surface area contributed by atoms with E-state index in [4.69, 9.17) is 0 Å². The number of β-amino-alcohol motifs (C(OH)–C–C–N with tert-alkyl or cyclic N) is 1. The molecule has 1 aromatic heterocycles. The Labute approximate surface area is 194 Å². The Balaban J connectivity index is 1.35.